The highest BCUT2D eigenvalue weighted by molar-refractivity contribution is 7.16. The Morgan fingerprint density at radius 1 is 1.05 bits per heavy atom. The van der Waals surface area contributed by atoms with Crippen LogP contribution in [0.25, 0.3) is 10.8 Å². The highest BCUT2D eigenvalue weighted by atomic mass is 32.1. The first-order chi connectivity index (χ1) is 10.6. The van der Waals surface area contributed by atoms with Crippen LogP contribution >= 0.6 is 11.3 Å². The lowest BCUT2D eigenvalue weighted by Crippen LogP contribution is -2.23. The number of anilines is 1. The number of aromatic carboxylic acids is 1. The molecule has 0 bridgehead atoms. The van der Waals surface area contributed by atoms with Crippen molar-refractivity contribution in [3.8, 4) is 0 Å². The van der Waals surface area contributed by atoms with Gasteiger partial charge in [-0.1, -0.05) is 36.4 Å². The van der Waals surface area contributed by atoms with Crippen molar-refractivity contribution in [3.63, 3.8) is 0 Å². The summed E-state index contributed by atoms with van der Waals surface area (Å²) >= 11 is 1.22. The molecule has 0 fully saturated rings. The first-order valence-electron chi connectivity index (χ1n) is 6.67. The van der Waals surface area contributed by atoms with E-state index >= 15 is 0 Å². The summed E-state index contributed by atoms with van der Waals surface area (Å²) < 4.78 is 0. The van der Waals surface area contributed by atoms with Gasteiger partial charge in [-0.25, -0.2) is 0 Å². The molecule has 0 spiro atoms. The second kappa shape index (κ2) is 5.61. The first-order valence-corrected chi connectivity index (χ1v) is 7.49. The fourth-order valence-corrected chi connectivity index (χ4v) is 3.25. The Morgan fingerprint density at radius 2 is 1.77 bits per heavy atom. The van der Waals surface area contributed by atoms with Crippen LogP contribution in [0.2, 0.25) is 0 Å². The third kappa shape index (κ3) is 2.58. The monoisotopic (exact) mass is 310 g/mol. The molecule has 110 valence electrons. The van der Waals surface area contributed by atoms with Crippen LogP contribution in [0, 0.1) is 6.92 Å². The van der Waals surface area contributed by atoms with Crippen molar-refractivity contribution in [2.24, 2.45) is 0 Å². The topological polar surface area (TPSA) is 69.2 Å². The van der Waals surface area contributed by atoms with Gasteiger partial charge in [0.2, 0.25) is 0 Å². The molecule has 1 aromatic heterocycles. The van der Waals surface area contributed by atoms with Gasteiger partial charge >= 0.3 is 0 Å². The Morgan fingerprint density at radius 3 is 2.55 bits per heavy atom. The van der Waals surface area contributed by atoms with Gasteiger partial charge in [-0.05, 0) is 29.8 Å². The van der Waals surface area contributed by atoms with E-state index in [2.05, 4.69) is 5.32 Å². The molecule has 0 aliphatic heterocycles. The van der Waals surface area contributed by atoms with Gasteiger partial charge in [-0.3, -0.25) is 4.79 Å². The molecule has 0 radical (unpaired) electrons. The zero-order valence-corrected chi connectivity index (χ0v) is 12.6. The predicted molar refractivity (Wildman–Crippen MR) is 85.3 cm³/mol. The highest BCUT2D eigenvalue weighted by Gasteiger charge is 2.14. The van der Waals surface area contributed by atoms with Crippen molar-refractivity contribution in [2.75, 3.05) is 5.32 Å². The van der Waals surface area contributed by atoms with Crippen LogP contribution in [0.3, 0.4) is 0 Å². The van der Waals surface area contributed by atoms with Gasteiger partial charge in [0, 0.05) is 16.0 Å². The molecule has 0 saturated heterocycles. The number of hydrogen-bond donors (Lipinski definition) is 1. The largest absolute Gasteiger partial charge is 0.545 e. The van der Waals surface area contributed by atoms with E-state index in [1.165, 1.54) is 17.4 Å². The maximum Gasteiger partial charge on any atom is 0.256 e. The third-order valence-electron chi connectivity index (χ3n) is 3.34. The minimum Gasteiger partial charge on any atom is -0.545 e. The number of amides is 1. The summed E-state index contributed by atoms with van der Waals surface area (Å²) in [7, 11) is 0. The van der Waals surface area contributed by atoms with E-state index in [-0.39, 0.29) is 11.5 Å². The fourth-order valence-electron chi connectivity index (χ4n) is 2.35. The lowest BCUT2D eigenvalue weighted by molar-refractivity contribution is -0.254. The Hall–Kier alpha value is -2.66. The number of fused-ring (bicyclic) bond motifs is 1. The zero-order chi connectivity index (χ0) is 15.7. The quantitative estimate of drug-likeness (QED) is 0.808. The molecule has 5 heteroatoms. The van der Waals surface area contributed by atoms with E-state index in [9.17, 15) is 14.7 Å². The summed E-state index contributed by atoms with van der Waals surface area (Å²) in [5.74, 6) is -1.63. The van der Waals surface area contributed by atoms with Crippen molar-refractivity contribution < 1.29 is 14.7 Å². The van der Waals surface area contributed by atoms with E-state index in [4.69, 9.17) is 0 Å². The van der Waals surface area contributed by atoms with Gasteiger partial charge in [0.25, 0.3) is 5.91 Å². The maximum absolute atomic E-state index is 12.5. The van der Waals surface area contributed by atoms with E-state index in [1.54, 1.807) is 19.1 Å². The molecular formula is C17H12NO3S-. The van der Waals surface area contributed by atoms with Crippen LogP contribution in [0.4, 0.5) is 5.00 Å². The van der Waals surface area contributed by atoms with Crippen molar-refractivity contribution in [1.29, 1.82) is 0 Å². The zero-order valence-electron chi connectivity index (χ0n) is 11.8. The number of benzene rings is 2. The number of aryl methyl sites for hydroxylation is 1. The second-order valence-electron chi connectivity index (χ2n) is 4.87. The predicted octanol–water partition coefficient (Wildman–Crippen LogP) is 2.83. The number of hydrogen-bond acceptors (Lipinski definition) is 4. The van der Waals surface area contributed by atoms with Crippen molar-refractivity contribution in [2.45, 2.75) is 6.92 Å². The molecule has 1 N–H and O–H groups in total. The summed E-state index contributed by atoms with van der Waals surface area (Å²) in [5.41, 5.74) is 0.518. The van der Waals surface area contributed by atoms with E-state index in [0.29, 0.717) is 10.6 Å². The highest BCUT2D eigenvalue weighted by Crippen LogP contribution is 2.28. The normalized spacial score (nSPS) is 10.6. The van der Waals surface area contributed by atoms with Crippen molar-refractivity contribution in [1.82, 2.24) is 0 Å². The number of rotatable bonds is 3. The van der Waals surface area contributed by atoms with Crippen molar-refractivity contribution >= 4 is 39.0 Å². The Labute approximate surface area is 131 Å². The van der Waals surface area contributed by atoms with Gasteiger partial charge in [-0.2, -0.15) is 0 Å². The molecule has 1 heterocycles. The average molecular weight is 310 g/mol. The molecule has 0 atom stereocenters. The van der Waals surface area contributed by atoms with Crippen LogP contribution < -0.4 is 10.4 Å². The Bertz CT molecular complexity index is 877. The number of nitrogens with one attached hydrogen (secondary N) is 1. The molecule has 2 aromatic carbocycles. The maximum atomic E-state index is 12.5. The number of thiophene rings is 1. The molecule has 22 heavy (non-hydrogen) atoms. The number of carbonyl (C=O) groups is 2. The molecule has 4 nitrogen and oxygen atoms in total. The van der Waals surface area contributed by atoms with Crippen LogP contribution in [-0.4, -0.2) is 11.9 Å². The fraction of sp³-hybridized carbons (Fsp3) is 0.0588. The standard InChI is InChI=1S/C17H13NO3S/c1-10-9-14(17(20)21)16(22-10)18-15(19)13-8-4-6-11-5-2-3-7-12(11)13/h2-9H,1H3,(H,18,19)(H,20,21)/p-1. The van der Waals surface area contributed by atoms with Crippen LogP contribution in [0.15, 0.2) is 48.5 Å². The molecular weight excluding hydrogens is 298 g/mol. The lowest BCUT2D eigenvalue weighted by atomic mass is 10.0. The SMILES string of the molecule is Cc1cc(C(=O)[O-])c(NC(=O)c2cccc3ccccc23)s1. The summed E-state index contributed by atoms with van der Waals surface area (Å²) in [4.78, 5) is 24.4. The summed E-state index contributed by atoms with van der Waals surface area (Å²) in [5, 5.41) is 15.9. The Balaban J connectivity index is 1.99. The van der Waals surface area contributed by atoms with Crippen LogP contribution in [0.5, 0.6) is 0 Å². The van der Waals surface area contributed by atoms with E-state index in [1.807, 2.05) is 30.3 Å². The van der Waals surface area contributed by atoms with Crippen LogP contribution in [-0.2, 0) is 0 Å². The molecule has 1 amide bonds. The molecule has 0 aliphatic rings. The summed E-state index contributed by atoms with van der Waals surface area (Å²) in [6, 6.07) is 14.5. The van der Waals surface area contributed by atoms with Gasteiger partial charge in [-0.15, -0.1) is 11.3 Å². The molecule has 0 aliphatic carbocycles. The van der Waals surface area contributed by atoms with Crippen LogP contribution in [0.1, 0.15) is 25.6 Å². The third-order valence-corrected chi connectivity index (χ3v) is 4.30. The molecule has 0 unspecified atom stereocenters. The molecule has 3 aromatic rings. The van der Waals surface area contributed by atoms with Gasteiger partial charge in [0.15, 0.2) is 0 Å². The second-order valence-corrected chi connectivity index (χ2v) is 6.12. The summed E-state index contributed by atoms with van der Waals surface area (Å²) in [6.45, 7) is 1.78. The van der Waals surface area contributed by atoms with Gasteiger partial charge in [0.05, 0.1) is 5.97 Å². The number of carbonyl (C=O) groups excluding carboxylic acids is 2. The smallest absolute Gasteiger partial charge is 0.256 e. The van der Waals surface area contributed by atoms with E-state index in [0.717, 1.165) is 15.6 Å². The van der Waals surface area contributed by atoms with Gasteiger partial charge < -0.3 is 15.2 Å². The Kier molecular flexibility index (Phi) is 3.65. The van der Waals surface area contributed by atoms with Crippen molar-refractivity contribution in [3.05, 3.63) is 64.5 Å². The average Bonchev–Trinajstić information content (AvgIpc) is 2.87. The lowest BCUT2D eigenvalue weighted by Gasteiger charge is -2.09. The number of carboxylic acids is 1. The van der Waals surface area contributed by atoms with Gasteiger partial charge in [0.1, 0.15) is 5.00 Å². The minimum absolute atomic E-state index is 0.0103. The van der Waals surface area contributed by atoms with E-state index < -0.39 is 5.97 Å². The molecule has 0 saturated carbocycles. The minimum atomic E-state index is -1.29. The molecule has 3 rings (SSSR count). The number of carboxylic acid groups (broad SMARTS) is 1. The summed E-state index contributed by atoms with van der Waals surface area (Å²) in [6.07, 6.45) is 0. The first kappa shape index (κ1) is 14.3.